The second-order valence-corrected chi connectivity index (χ2v) is 6.33. The van der Waals surface area contributed by atoms with E-state index in [-0.39, 0.29) is 11.3 Å². The van der Waals surface area contributed by atoms with Crippen molar-refractivity contribution in [1.82, 2.24) is 0 Å². The van der Waals surface area contributed by atoms with Crippen molar-refractivity contribution >= 4 is 17.6 Å². The molecule has 2 aromatic carbocycles. The number of anilines is 1. The predicted molar refractivity (Wildman–Crippen MR) is 97.0 cm³/mol. The van der Waals surface area contributed by atoms with E-state index in [4.69, 9.17) is 4.74 Å². The van der Waals surface area contributed by atoms with Crippen molar-refractivity contribution in [3.8, 4) is 5.75 Å². The number of carbonyl (C=O) groups excluding carboxylic acids is 2. The number of aryl methyl sites for hydroxylation is 4. The molecule has 25 heavy (non-hydrogen) atoms. The highest BCUT2D eigenvalue weighted by atomic mass is 16.5. The van der Waals surface area contributed by atoms with Crippen molar-refractivity contribution in [3.63, 3.8) is 0 Å². The number of phenols is 1. The summed E-state index contributed by atoms with van der Waals surface area (Å²) in [6.07, 6.45) is -0.992. The lowest BCUT2D eigenvalue weighted by Gasteiger charge is -2.17. The number of hydrogen-bond acceptors (Lipinski definition) is 4. The Labute approximate surface area is 147 Å². The molecule has 1 amide bonds. The van der Waals surface area contributed by atoms with Gasteiger partial charge in [0.1, 0.15) is 11.3 Å². The minimum absolute atomic E-state index is 0.0351. The van der Waals surface area contributed by atoms with Crippen LogP contribution in [0.25, 0.3) is 0 Å². The van der Waals surface area contributed by atoms with Gasteiger partial charge in [0.15, 0.2) is 6.10 Å². The van der Waals surface area contributed by atoms with Gasteiger partial charge in [-0.15, -0.1) is 0 Å². The fourth-order valence-electron chi connectivity index (χ4n) is 2.69. The fourth-order valence-corrected chi connectivity index (χ4v) is 2.69. The molecule has 2 rings (SSSR count). The van der Waals surface area contributed by atoms with Crippen molar-refractivity contribution in [2.45, 2.75) is 40.7 Å². The number of amides is 1. The van der Waals surface area contributed by atoms with E-state index in [2.05, 4.69) is 5.32 Å². The summed E-state index contributed by atoms with van der Waals surface area (Å²) in [5.74, 6) is -1.32. The molecule has 0 aliphatic heterocycles. The average Bonchev–Trinajstić information content (AvgIpc) is 2.50. The molecule has 0 unspecified atom stereocenters. The van der Waals surface area contributed by atoms with Crippen molar-refractivity contribution in [3.05, 3.63) is 58.1 Å². The van der Waals surface area contributed by atoms with E-state index in [1.54, 1.807) is 13.0 Å². The maximum absolute atomic E-state index is 12.4. The summed E-state index contributed by atoms with van der Waals surface area (Å²) in [5.41, 5.74) is 4.58. The van der Waals surface area contributed by atoms with Gasteiger partial charge in [0.05, 0.1) is 0 Å². The topological polar surface area (TPSA) is 75.6 Å². The number of hydrogen-bond donors (Lipinski definition) is 2. The molecule has 0 heterocycles. The lowest BCUT2D eigenvalue weighted by atomic mass is 10.0. The van der Waals surface area contributed by atoms with Crippen LogP contribution in [0.1, 0.15) is 39.5 Å². The van der Waals surface area contributed by atoms with Gasteiger partial charge in [-0.05, 0) is 63.4 Å². The van der Waals surface area contributed by atoms with E-state index in [0.717, 1.165) is 27.9 Å². The van der Waals surface area contributed by atoms with Gasteiger partial charge in [0, 0.05) is 5.69 Å². The third-order valence-electron chi connectivity index (χ3n) is 3.95. The molecular formula is C20H23NO4. The van der Waals surface area contributed by atoms with Crippen LogP contribution >= 0.6 is 0 Å². The molecule has 2 aromatic rings. The lowest BCUT2D eigenvalue weighted by molar-refractivity contribution is -0.123. The Kier molecular flexibility index (Phi) is 5.47. The minimum Gasteiger partial charge on any atom is -0.507 e. The van der Waals surface area contributed by atoms with Gasteiger partial charge in [-0.1, -0.05) is 23.8 Å². The number of rotatable bonds is 4. The zero-order chi connectivity index (χ0) is 18.7. The van der Waals surface area contributed by atoms with E-state index in [1.165, 1.54) is 19.1 Å². The Morgan fingerprint density at radius 1 is 1.00 bits per heavy atom. The highest BCUT2D eigenvalue weighted by Gasteiger charge is 2.22. The summed E-state index contributed by atoms with van der Waals surface area (Å²) in [7, 11) is 0. The summed E-state index contributed by atoms with van der Waals surface area (Å²) in [6.45, 7) is 9.12. The summed E-state index contributed by atoms with van der Waals surface area (Å²) in [6, 6.07) is 8.60. The molecule has 0 saturated heterocycles. The van der Waals surface area contributed by atoms with Crippen LogP contribution in [0.2, 0.25) is 0 Å². The van der Waals surface area contributed by atoms with Gasteiger partial charge in [-0.2, -0.15) is 0 Å². The number of nitrogens with one attached hydrogen (secondary N) is 1. The summed E-state index contributed by atoms with van der Waals surface area (Å²) in [5, 5.41) is 12.7. The molecule has 0 radical (unpaired) electrons. The molecule has 0 aromatic heterocycles. The normalized spacial score (nSPS) is 11.7. The van der Waals surface area contributed by atoms with E-state index < -0.39 is 18.0 Å². The third-order valence-corrected chi connectivity index (χ3v) is 3.95. The standard InChI is InChI=1S/C20H23NO4/c1-11-6-7-16(17(22)10-11)20(24)25-15(5)19(23)21-18-13(3)8-12(2)9-14(18)4/h6-10,15,22H,1-5H3,(H,21,23)/t15-/m1/s1. The fraction of sp³-hybridized carbons (Fsp3) is 0.300. The summed E-state index contributed by atoms with van der Waals surface area (Å²) in [4.78, 5) is 24.5. The van der Waals surface area contributed by atoms with Gasteiger partial charge in [0.25, 0.3) is 5.91 Å². The minimum atomic E-state index is -0.992. The van der Waals surface area contributed by atoms with Gasteiger partial charge < -0.3 is 15.2 Å². The van der Waals surface area contributed by atoms with Crippen LogP contribution in [0, 0.1) is 27.7 Å². The molecule has 2 N–H and O–H groups in total. The first-order valence-electron chi connectivity index (χ1n) is 8.08. The van der Waals surface area contributed by atoms with Crippen LogP contribution in [0.4, 0.5) is 5.69 Å². The summed E-state index contributed by atoms with van der Waals surface area (Å²) < 4.78 is 5.18. The van der Waals surface area contributed by atoms with E-state index in [9.17, 15) is 14.7 Å². The zero-order valence-corrected chi connectivity index (χ0v) is 15.1. The molecule has 5 nitrogen and oxygen atoms in total. The van der Waals surface area contributed by atoms with Crippen LogP contribution in [-0.4, -0.2) is 23.1 Å². The van der Waals surface area contributed by atoms with Crippen LogP contribution in [0.3, 0.4) is 0 Å². The number of aromatic hydroxyl groups is 1. The maximum Gasteiger partial charge on any atom is 0.342 e. The van der Waals surface area contributed by atoms with E-state index >= 15 is 0 Å². The van der Waals surface area contributed by atoms with Crippen LogP contribution in [0.5, 0.6) is 5.75 Å². The highest BCUT2D eigenvalue weighted by molar-refractivity contribution is 5.99. The molecule has 0 bridgehead atoms. The average molecular weight is 341 g/mol. The molecule has 0 aliphatic rings. The second kappa shape index (κ2) is 7.38. The first kappa shape index (κ1) is 18.5. The molecule has 132 valence electrons. The molecule has 1 atom stereocenters. The van der Waals surface area contributed by atoms with Gasteiger partial charge >= 0.3 is 5.97 Å². The summed E-state index contributed by atoms with van der Waals surface area (Å²) >= 11 is 0. The number of carbonyl (C=O) groups is 2. The highest BCUT2D eigenvalue weighted by Crippen LogP contribution is 2.23. The first-order valence-corrected chi connectivity index (χ1v) is 8.08. The van der Waals surface area contributed by atoms with Crippen LogP contribution in [-0.2, 0) is 9.53 Å². The predicted octanol–water partition coefficient (Wildman–Crippen LogP) is 3.81. The molecular weight excluding hydrogens is 318 g/mol. The SMILES string of the molecule is Cc1cc(C)c(NC(=O)[C@@H](C)OC(=O)c2ccc(C)cc2O)c(C)c1. The monoisotopic (exact) mass is 341 g/mol. The number of esters is 1. The van der Waals surface area contributed by atoms with Crippen LogP contribution in [0.15, 0.2) is 30.3 Å². The van der Waals surface area contributed by atoms with E-state index in [1.807, 2.05) is 32.9 Å². The molecule has 0 saturated carbocycles. The van der Waals surface area contributed by atoms with Gasteiger partial charge in [-0.3, -0.25) is 4.79 Å². The number of benzene rings is 2. The Morgan fingerprint density at radius 3 is 2.16 bits per heavy atom. The third kappa shape index (κ3) is 4.38. The Bertz CT molecular complexity index is 803. The Hall–Kier alpha value is -2.82. The molecule has 0 fully saturated rings. The van der Waals surface area contributed by atoms with Crippen LogP contribution < -0.4 is 5.32 Å². The largest absolute Gasteiger partial charge is 0.507 e. The second-order valence-electron chi connectivity index (χ2n) is 6.33. The Morgan fingerprint density at radius 2 is 1.60 bits per heavy atom. The van der Waals surface area contributed by atoms with Gasteiger partial charge in [0.2, 0.25) is 0 Å². The quantitative estimate of drug-likeness (QED) is 0.829. The van der Waals surface area contributed by atoms with Crippen molar-refractivity contribution in [2.24, 2.45) is 0 Å². The van der Waals surface area contributed by atoms with Crippen molar-refractivity contribution in [1.29, 1.82) is 0 Å². The zero-order valence-electron chi connectivity index (χ0n) is 15.1. The maximum atomic E-state index is 12.4. The Balaban J connectivity index is 2.09. The number of ether oxygens (including phenoxy) is 1. The van der Waals surface area contributed by atoms with Crippen molar-refractivity contribution in [2.75, 3.05) is 5.32 Å². The molecule has 5 heteroatoms. The van der Waals surface area contributed by atoms with Crippen molar-refractivity contribution < 1.29 is 19.4 Å². The smallest absolute Gasteiger partial charge is 0.342 e. The number of phenolic OH excluding ortho intramolecular Hbond substituents is 1. The molecule has 0 aliphatic carbocycles. The lowest BCUT2D eigenvalue weighted by Crippen LogP contribution is -2.30. The van der Waals surface area contributed by atoms with E-state index in [0.29, 0.717) is 0 Å². The first-order chi connectivity index (χ1) is 11.7. The molecule has 0 spiro atoms. The van der Waals surface area contributed by atoms with Gasteiger partial charge in [-0.25, -0.2) is 4.79 Å².